The fraction of sp³-hybridized carbons (Fsp3) is 0.421. The number of H-pyrrole nitrogens is 2. The number of aromatic amines is 2. The zero-order chi connectivity index (χ0) is 33.8. The van der Waals surface area contributed by atoms with Gasteiger partial charge in [0.15, 0.2) is 0 Å². The minimum absolute atomic E-state index is 0.000666. The van der Waals surface area contributed by atoms with Gasteiger partial charge in [0, 0.05) is 47.0 Å². The number of benzene rings is 2. The maximum atomic E-state index is 12.9. The molecule has 2 atom stereocenters. The van der Waals surface area contributed by atoms with Gasteiger partial charge in [-0.2, -0.15) is 0 Å². The highest BCUT2D eigenvalue weighted by atomic mass is 16.6. The number of fused-ring (bicyclic) bond motifs is 2. The fourth-order valence-corrected chi connectivity index (χ4v) is 6.88. The van der Waals surface area contributed by atoms with Crippen LogP contribution in [-0.4, -0.2) is 66.1 Å². The molecule has 5 heterocycles. The lowest BCUT2D eigenvalue weighted by atomic mass is 10.0. The van der Waals surface area contributed by atoms with E-state index >= 15 is 0 Å². The monoisotopic (exact) mass is 647 g/mol. The molecule has 0 bridgehead atoms. The highest BCUT2D eigenvalue weighted by Crippen LogP contribution is 2.36. The predicted octanol–water partition coefficient (Wildman–Crippen LogP) is 8.73. The Hall–Kier alpha value is -4.86. The second-order valence-electron chi connectivity index (χ2n) is 15.0. The van der Waals surface area contributed by atoms with Gasteiger partial charge in [0.25, 0.3) is 6.02 Å². The number of carbonyl (C=O) groups excluding carboxylic acids is 1. The van der Waals surface area contributed by atoms with Gasteiger partial charge >= 0.3 is 6.09 Å². The third-order valence-corrected chi connectivity index (χ3v) is 9.04. The van der Waals surface area contributed by atoms with Gasteiger partial charge in [-0.15, -0.1) is 0 Å². The van der Waals surface area contributed by atoms with Crippen molar-refractivity contribution in [2.75, 3.05) is 13.1 Å². The van der Waals surface area contributed by atoms with Crippen LogP contribution in [0, 0.1) is 5.41 Å². The summed E-state index contributed by atoms with van der Waals surface area (Å²) >= 11 is 0. The molecule has 5 aromatic rings. The van der Waals surface area contributed by atoms with Crippen molar-refractivity contribution in [3.8, 4) is 22.5 Å². The first-order valence-electron chi connectivity index (χ1n) is 16.9. The van der Waals surface area contributed by atoms with Crippen molar-refractivity contribution in [3.63, 3.8) is 0 Å². The number of nitrogens with one attached hydrogen (secondary N) is 3. The Morgan fingerprint density at radius 3 is 2.17 bits per heavy atom. The second kappa shape index (κ2) is 12.0. The molecule has 1 amide bonds. The zero-order valence-corrected chi connectivity index (χ0v) is 28.7. The van der Waals surface area contributed by atoms with Crippen LogP contribution in [0.4, 0.5) is 4.79 Å². The van der Waals surface area contributed by atoms with Crippen LogP contribution in [0.15, 0.2) is 60.9 Å². The molecule has 2 unspecified atom stereocenters. The van der Waals surface area contributed by atoms with Crippen molar-refractivity contribution in [3.05, 3.63) is 72.4 Å². The number of pyridine rings is 1. The predicted molar refractivity (Wildman–Crippen MR) is 189 cm³/mol. The SMILES string of the molecule is CC(C)(C)OC(=N)N1CCCC1c1ncc(-c2ccc3cc(-c4cc5[nH]c(C6CCCN6C(=O)OC(C)(C)C)cc5cn4)ccc3c2)[nH]1. The first-order valence-corrected chi connectivity index (χ1v) is 16.9. The summed E-state index contributed by atoms with van der Waals surface area (Å²) in [4.78, 5) is 33.4. The maximum Gasteiger partial charge on any atom is 0.410 e. The van der Waals surface area contributed by atoms with Gasteiger partial charge in [-0.3, -0.25) is 15.3 Å². The van der Waals surface area contributed by atoms with E-state index in [0.29, 0.717) is 6.54 Å². The van der Waals surface area contributed by atoms with E-state index in [9.17, 15) is 4.79 Å². The quantitative estimate of drug-likeness (QED) is 0.132. The normalized spacial score (nSPS) is 18.6. The Morgan fingerprint density at radius 1 is 0.771 bits per heavy atom. The number of nitrogens with zero attached hydrogens (tertiary/aromatic N) is 4. The summed E-state index contributed by atoms with van der Waals surface area (Å²) in [5, 5.41) is 11.8. The molecule has 10 nitrogen and oxygen atoms in total. The van der Waals surface area contributed by atoms with E-state index in [1.807, 2.05) is 63.7 Å². The molecule has 2 aromatic carbocycles. The van der Waals surface area contributed by atoms with Gasteiger partial charge < -0.3 is 24.3 Å². The van der Waals surface area contributed by atoms with Crippen LogP contribution in [-0.2, 0) is 9.47 Å². The molecule has 0 aliphatic carbocycles. The fourth-order valence-electron chi connectivity index (χ4n) is 6.88. The van der Waals surface area contributed by atoms with Gasteiger partial charge in [0.2, 0.25) is 0 Å². The van der Waals surface area contributed by atoms with Crippen molar-refractivity contribution in [2.45, 2.75) is 90.5 Å². The van der Waals surface area contributed by atoms with Crippen LogP contribution in [0.2, 0.25) is 0 Å². The summed E-state index contributed by atoms with van der Waals surface area (Å²) in [6, 6.07) is 17.2. The van der Waals surface area contributed by atoms with Crippen molar-refractivity contribution in [2.24, 2.45) is 0 Å². The van der Waals surface area contributed by atoms with E-state index in [2.05, 4.69) is 58.5 Å². The number of imidazole rings is 1. The molecule has 3 N–H and O–H groups in total. The number of rotatable bonds is 4. The molecule has 2 aliphatic heterocycles. The molecule has 0 radical (unpaired) electrons. The number of likely N-dealkylation sites (tertiary alicyclic amines) is 2. The molecule has 2 saturated heterocycles. The average molecular weight is 648 g/mol. The van der Waals surface area contributed by atoms with E-state index in [1.165, 1.54) is 0 Å². The molecule has 2 aliphatic rings. The van der Waals surface area contributed by atoms with Gasteiger partial charge in [-0.05, 0) is 102 Å². The smallest absolute Gasteiger partial charge is 0.410 e. The maximum absolute atomic E-state index is 12.9. The summed E-state index contributed by atoms with van der Waals surface area (Å²) in [5.74, 6) is 0.861. The molecule has 0 spiro atoms. The molecular weight excluding hydrogens is 602 g/mol. The van der Waals surface area contributed by atoms with Crippen LogP contribution in [0.1, 0.15) is 90.8 Å². The highest BCUT2D eigenvalue weighted by Gasteiger charge is 2.35. The largest absolute Gasteiger partial charge is 0.460 e. The van der Waals surface area contributed by atoms with Crippen molar-refractivity contribution in [1.29, 1.82) is 5.41 Å². The second-order valence-corrected chi connectivity index (χ2v) is 15.0. The van der Waals surface area contributed by atoms with Crippen LogP contribution in [0.3, 0.4) is 0 Å². The van der Waals surface area contributed by atoms with E-state index in [0.717, 1.165) is 87.9 Å². The number of aromatic nitrogens is 4. The third kappa shape index (κ3) is 6.48. The number of hydrogen-bond acceptors (Lipinski definition) is 6. The van der Waals surface area contributed by atoms with Crippen molar-refractivity contribution >= 4 is 33.8 Å². The van der Waals surface area contributed by atoms with Crippen molar-refractivity contribution in [1.82, 2.24) is 29.7 Å². The summed E-state index contributed by atoms with van der Waals surface area (Å²) in [7, 11) is 0. The number of amidine groups is 1. The summed E-state index contributed by atoms with van der Waals surface area (Å²) in [6.45, 7) is 13.1. The van der Waals surface area contributed by atoms with Crippen LogP contribution >= 0.6 is 0 Å². The van der Waals surface area contributed by atoms with E-state index < -0.39 is 11.2 Å². The van der Waals surface area contributed by atoms with Crippen LogP contribution in [0.25, 0.3) is 44.2 Å². The van der Waals surface area contributed by atoms with E-state index in [-0.39, 0.29) is 24.2 Å². The Kier molecular flexibility index (Phi) is 7.92. The topological polar surface area (TPSA) is 123 Å². The molecule has 250 valence electrons. The number of hydrogen-bond donors (Lipinski definition) is 3. The Bertz CT molecular complexity index is 2000. The minimum Gasteiger partial charge on any atom is -0.460 e. The number of ether oxygens (including phenoxy) is 2. The van der Waals surface area contributed by atoms with Crippen LogP contribution < -0.4 is 0 Å². The van der Waals surface area contributed by atoms with Crippen molar-refractivity contribution < 1.29 is 14.3 Å². The number of carbonyl (C=O) groups is 1. The molecule has 3 aromatic heterocycles. The van der Waals surface area contributed by atoms with Crippen LogP contribution in [0.5, 0.6) is 0 Å². The molecule has 7 rings (SSSR count). The lowest BCUT2D eigenvalue weighted by Gasteiger charge is -2.30. The Balaban J connectivity index is 1.09. The summed E-state index contributed by atoms with van der Waals surface area (Å²) in [6.07, 6.45) is 7.29. The molecule has 2 fully saturated rings. The lowest BCUT2D eigenvalue weighted by Crippen LogP contribution is -2.37. The average Bonchev–Trinajstić information content (AvgIpc) is 3.84. The first kappa shape index (κ1) is 31.7. The Labute approximate surface area is 281 Å². The molecule has 48 heavy (non-hydrogen) atoms. The molecule has 10 heteroatoms. The number of amides is 1. The first-order chi connectivity index (χ1) is 22.8. The molecule has 0 saturated carbocycles. The van der Waals surface area contributed by atoms with Gasteiger partial charge in [-0.25, -0.2) is 9.78 Å². The third-order valence-electron chi connectivity index (χ3n) is 9.04. The van der Waals surface area contributed by atoms with E-state index in [4.69, 9.17) is 24.9 Å². The standard InChI is InChI=1S/C38H45N7O3/c1-37(2,3)47-35(39)44-15-8-10-33(44)34-41-22-31(43-34)26-14-12-23-17-25(13-11-24(23)18-26)28-20-29-27(21-40-28)19-30(42-29)32-9-7-16-45(32)36(46)48-38(4,5)6/h11-14,17-22,32-33,39,42H,7-10,15-16H2,1-6H3,(H,41,43). The van der Waals surface area contributed by atoms with Gasteiger partial charge in [-0.1, -0.05) is 24.3 Å². The lowest BCUT2D eigenvalue weighted by molar-refractivity contribution is 0.0222. The minimum atomic E-state index is -0.528. The Morgan fingerprint density at radius 2 is 1.44 bits per heavy atom. The summed E-state index contributed by atoms with van der Waals surface area (Å²) < 4.78 is 11.5. The molecular formula is C38H45N7O3. The summed E-state index contributed by atoms with van der Waals surface area (Å²) in [5.41, 5.74) is 5.00. The highest BCUT2D eigenvalue weighted by molar-refractivity contribution is 5.91. The van der Waals surface area contributed by atoms with Gasteiger partial charge in [0.05, 0.1) is 29.7 Å². The zero-order valence-electron chi connectivity index (χ0n) is 28.7. The van der Waals surface area contributed by atoms with E-state index in [1.54, 1.807) is 0 Å². The van der Waals surface area contributed by atoms with Gasteiger partial charge in [0.1, 0.15) is 17.0 Å².